The van der Waals surface area contributed by atoms with Crippen molar-refractivity contribution in [2.24, 2.45) is 0 Å². The highest BCUT2D eigenvalue weighted by Crippen LogP contribution is 2.28. The second-order valence-corrected chi connectivity index (χ2v) is 4.15. The van der Waals surface area contributed by atoms with E-state index < -0.39 is 0 Å². The van der Waals surface area contributed by atoms with Gasteiger partial charge in [-0.1, -0.05) is 23.7 Å². The van der Waals surface area contributed by atoms with Crippen molar-refractivity contribution in [3.63, 3.8) is 0 Å². The molecule has 0 aromatic heterocycles. The van der Waals surface area contributed by atoms with Crippen molar-refractivity contribution in [2.75, 3.05) is 5.32 Å². The molecule has 0 radical (unpaired) electrons. The highest BCUT2D eigenvalue weighted by Gasteiger charge is 2.03. The molecule has 0 unspecified atom stereocenters. The summed E-state index contributed by atoms with van der Waals surface area (Å²) in [6.45, 7) is 2.00. The Bertz CT molecular complexity index is 548. The highest BCUT2D eigenvalue weighted by atomic mass is 35.5. The van der Waals surface area contributed by atoms with Crippen molar-refractivity contribution in [2.45, 2.75) is 6.92 Å². The molecule has 2 aromatic carbocycles. The summed E-state index contributed by atoms with van der Waals surface area (Å²) < 4.78 is 0. The molecule has 0 heterocycles. The fourth-order valence-electron chi connectivity index (χ4n) is 1.56. The second kappa shape index (κ2) is 4.90. The predicted octanol–water partition coefficient (Wildman–Crippen LogP) is 4.26. The van der Waals surface area contributed by atoms with E-state index in [0.29, 0.717) is 10.6 Å². The molecule has 17 heavy (non-hydrogen) atoms. The first-order chi connectivity index (χ1) is 8.20. The van der Waals surface area contributed by atoms with Crippen molar-refractivity contribution >= 4 is 23.0 Å². The number of halogens is 1. The molecule has 2 aromatic rings. The number of para-hydroxylation sites is 1. The van der Waals surface area contributed by atoms with Crippen molar-refractivity contribution in [3.8, 4) is 6.07 Å². The minimum Gasteiger partial charge on any atom is -0.354 e. The molecular weight excluding hydrogens is 232 g/mol. The Morgan fingerprint density at radius 2 is 1.82 bits per heavy atom. The Labute approximate surface area is 105 Å². The van der Waals surface area contributed by atoms with Crippen LogP contribution in [0.1, 0.15) is 11.1 Å². The minimum absolute atomic E-state index is 0.645. The van der Waals surface area contributed by atoms with Gasteiger partial charge in [0.25, 0.3) is 0 Å². The zero-order valence-corrected chi connectivity index (χ0v) is 10.1. The quantitative estimate of drug-likeness (QED) is 0.854. The standard InChI is InChI=1S/C14H11ClN2/c1-10-3-2-4-13(15)14(10)17-12-7-5-11(9-16)6-8-12/h2-8,17H,1H3. The number of nitrogens with one attached hydrogen (secondary N) is 1. The lowest BCUT2D eigenvalue weighted by atomic mass is 10.1. The molecular formula is C14H11ClN2. The van der Waals surface area contributed by atoms with Crippen LogP contribution in [0.2, 0.25) is 5.02 Å². The number of rotatable bonds is 2. The van der Waals surface area contributed by atoms with E-state index in [4.69, 9.17) is 16.9 Å². The van der Waals surface area contributed by atoms with Gasteiger partial charge in [-0.25, -0.2) is 0 Å². The van der Waals surface area contributed by atoms with E-state index in [9.17, 15) is 0 Å². The van der Waals surface area contributed by atoms with Gasteiger partial charge in [-0.2, -0.15) is 5.26 Å². The number of hydrogen-bond acceptors (Lipinski definition) is 2. The fourth-order valence-corrected chi connectivity index (χ4v) is 1.83. The Morgan fingerprint density at radius 3 is 2.41 bits per heavy atom. The maximum atomic E-state index is 8.71. The summed E-state index contributed by atoms with van der Waals surface area (Å²) in [4.78, 5) is 0. The molecule has 3 heteroatoms. The van der Waals surface area contributed by atoms with Crippen LogP contribution >= 0.6 is 11.6 Å². The van der Waals surface area contributed by atoms with E-state index in [1.807, 2.05) is 37.3 Å². The molecule has 0 saturated carbocycles. The molecule has 0 aliphatic rings. The van der Waals surface area contributed by atoms with Crippen LogP contribution in [0.25, 0.3) is 0 Å². The van der Waals surface area contributed by atoms with Crippen LogP contribution in [0.4, 0.5) is 11.4 Å². The Morgan fingerprint density at radius 1 is 1.12 bits per heavy atom. The number of nitrogens with zero attached hydrogens (tertiary/aromatic N) is 1. The number of benzene rings is 2. The summed E-state index contributed by atoms with van der Waals surface area (Å²) in [7, 11) is 0. The van der Waals surface area contributed by atoms with Crippen LogP contribution in [0.5, 0.6) is 0 Å². The maximum absolute atomic E-state index is 8.71. The molecule has 0 aliphatic heterocycles. The van der Waals surface area contributed by atoms with E-state index in [-0.39, 0.29) is 0 Å². The van der Waals surface area contributed by atoms with Gasteiger partial charge in [-0.05, 0) is 42.8 Å². The average Bonchev–Trinajstić information content (AvgIpc) is 2.35. The summed E-state index contributed by atoms with van der Waals surface area (Å²) in [5, 5.41) is 12.7. The van der Waals surface area contributed by atoms with Gasteiger partial charge < -0.3 is 5.32 Å². The van der Waals surface area contributed by atoms with E-state index in [2.05, 4.69) is 11.4 Å². The molecule has 0 bridgehead atoms. The molecule has 0 amide bonds. The van der Waals surface area contributed by atoms with Crippen LogP contribution in [-0.2, 0) is 0 Å². The molecule has 2 rings (SSSR count). The van der Waals surface area contributed by atoms with E-state index >= 15 is 0 Å². The summed E-state index contributed by atoms with van der Waals surface area (Å²) >= 11 is 6.12. The SMILES string of the molecule is Cc1cccc(Cl)c1Nc1ccc(C#N)cc1. The van der Waals surface area contributed by atoms with Gasteiger partial charge in [-0.3, -0.25) is 0 Å². The van der Waals surface area contributed by atoms with Gasteiger partial charge in [0.2, 0.25) is 0 Å². The van der Waals surface area contributed by atoms with E-state index in [1.165, 1.54) is 0 Å². The average molecular weight is 243 g/mol. The largest absolute Gasteiger partial charge is 0.354 e. The van der Waals surface area contributed by atoms with Crippen LogP contribution < -0.4 is 5.32 Å². The predicted molar refractivity (Wildman–Crippen MR) is 70.6 cm³/mol. The second-order valence-electron chi connectivity index (χ2n) is 3.75. The first-order valence-corrected chi connectivity index (χ1v) is 5.61. The van der Waals surface area contributed by atoms with Gasteiger partial charge in [0.15, 0.2) is 0 Å². The monoisotopic (exact) mass is 242 g/mol. The maximum Gasteiger partial charge on any atom is 0.0991 e. The third-order valence-electron chi connectivity index (χ3n) is 2.51. The summed E-state index contributed by atoms with van der Waals surface area (Å²) in [6.07, 6.45) is 0. The number of hydrogen-bond donors (Lipinski definition) is 1. The number of nitriles is 1. The summed E-state index contributed by atoms with van der Waals surface area (Å²) in [5.74, 6) is 0. The lowest BCUT2D eigenvalue weighted by Crippen LogP contribution is -1.93. The Kier molecular flexibility index (Phi) is 3.32. The number of anilines is 2. The normalized spacial score (nSPS) is 9.71. The van der Waals surface area contributed by atoms with Gasteiger partial charge in [0, 0.05) is 5.69 Å². The molecule has 0 aliphatic carbocycles. The number of aryl methyl sites for hydroxylation is 1. The van der Waals surface area contributed by atoms with E-state index in [1.54, 1.807) is 12.1 Å². The lowest BCUT2D eigenvalue weighted by molar-refractivity contribution is 1.42. The van der Waals surface area contributed by atoms with Crippen molar-refractivity contribution in [1.29, 1.82) is 5.26 Å². The minimum atomic E-state index is 0.645. The topological polar surface area (TPSA) is 35.8 Å². The van der Waals surface area contributed by atoms with Crippen LogP contribution in [0, 0.1) is 18.3 Å². The van der Waals surface area contributed by atoms with Crippen molar-refractivity contribution < 1.29 is 0 Å². The smallest absolute Gasteiger partial charge is 0.0991 e. The van der Waals surface area contributed by atoms with Crippen LogP contribution in [0.3, 0.4) is 0 Å². The molecule has 2 nitrogen and oxygen atoms in total. The highest BCUT2D eigenvalue weighted by molar-refractivity contribution is 6.33. The molecule has 0 fully saturated rings. The summed E-state index contributed by atoms with van der Waals surface area (Å²) in [6, 6.07) is 15.1. The fraction of sp³-hybridized carbons (Fsp3) is 0.0714. The molecule has 1 N–H and O–H groups in total. The molecule has 0 saturated heterocycles. The zero-order chi connectivity index (χ0) is 12.3. The zero-order valence-electron chi connectivity index (χ0n) is 9.37. The van der Waals surface area contributed by atoms with Gasteiger partial charge >= 0.3 is 0 Å². The molecule has 0 spiro atoms. The third-order valence-corrected chi connectivity index (χ3v) is 2.82. The third kappa shape index (κ3) is 2.58. The molecule has 0 atom stereocenters. The van der Waals surface area contributed by atoms with Crippen molar-refractivity contribution in [3.05, 3.63) is 58.6 Å². The van der Waals surface area contributed by atoms with Crippen molar-refractivity contribution in [1.82, 2.24) is 0 Å². The van der Waals surface area contributed by atoms with Gasteiger partial charge in [0.05, 0.1) is 22.3 Å². The Balaban J connectivity index is 2.29. The van der Waals surface area contributed by atoms with E-state index in [0.717, 1.165) is 16.9 Å². The first kappa shape index (κ1) is 11.5. The van der Waals surface area contributed by atoms with Crippen LogP contribution in [0.15, 0.2) is 42.5 Å². The lowest BCUT2D eigenvalue weighted by Gasteiger charge is -2.11. The molecule has 84 valence electrons. The first-order valence-electron chi connectivity index (χ1n) is 5.23. The van der Waals surface area contributed by atoms with Gasteiger partial charge in [0.1, 0.15) is 0 Å². The Hall–Kier alpha value is -1.98. The van der Waals surface area contributed by atoms with Gasteiger partial charge in [-0.15, -0.1) is 0 Å². The summed E-state index contributed by atoms with van der Waals surface area (Å²) in [5.41, 5.74) is 3.55. The van der Waals surface area contributed by atoms with Crippen LogP contribution in [-0.4, -0.2) is 0 Å².